The van der Waals surface area contributed by atoms with Gasteiger partial charge in [0, 0.05) is 60.6 Å². The van der Waals surface area contributed by atoms with Crippen LogP contribution in [0.1, 0.15) is 10.4 Å². The Morgan fingerprint density at radius 3 is 2.28 bits per heavy atom. The van der Waals surface area contributed by atoms with Gasteiger partial charge in [0.1, 0.15) is 0 Å². The Morgan fingerprint density at radius 1 is 0.923 bits per heavy atom. The SMILES string of the molecule is Cl.O=C(NCCN1CCN(c2nc3ccc(Cl)cc3s2)CC1)c1ccc(NS(=O)(=O)c2ccc(Cl)cc2)cc1. The number of thiazole rings is 1. The molecule has 0 atom stereocenters. The fourth-order valence-corrected chi connectivity index (χ4v) is 6.61. The molecule has 3 aromatic carbocycles. The lowest BCUT2D eigenvalue weighted by molar-refractivity contribution is 0.0948. The van der Waals surface area contributed by atoms with Crippen molar-refractivity contribution in [1.29, 1.82) is 0 Å². The molecule has 0 radical (unpaired) electrons. The van der Waals surface area contributed by atoms with Gasteiger partial charge in [0.15, 0.2) is 5.13 Å². The zero-order chi connectivity index (χ0) is 26.7. The van der Waals surface area contributed by atoms with Crippen LogP contribution in [0.25, 0.3) is 10.2 Å². The van der Waals surface area contributed by atoms with E-state index in [-0.39, 0.29) is 23.2 Å². The Balaban J connectivity index is 0.00000353. The fourth-order valence-electron chi connectivity index (χ4n) is 4.13. The molecule has 0 unspecified atom stereocenters. The van der Waals surface area contributed by atoms with Crippen molar-refractivity contribution in [1.82, 2.24) is 15.2 Å². The number of nitrogens with one attached hydrogen (secondary N) is 2. The fraction of sp³-hybridized carbons (Fsp3) is 0.231. The van der Waals surface area contributed by atoms with Gasteiger partial charge < -0.3 is 10.2 Å². The van der Waals surface area contributed by atoms with E-state index in [9.17, 15) is 13.2 Å². The smallest absolute Gasteiger partial charge is 0.261 e. The number of anilines is 2. The predicted molar refractivity (Wildman–Crippen MR) is 162 cm³/mol. The number of sulfonamides is 1. The van der Waals surface area contributed by atoms with Crippen LogP contribution in [0.15, 0.2) is 71.6 Å². The Kier molecular flexibility index (Phi) is 9.58. The lowest BCUT2D eigenvalue weighted by Gasteiger charge is -2.34. The minimum Gasteiger partial charge on any atom is -0.351 e. The molecule has 2 N–H and O–H groups in total. The van der Waals surface area contributed by atoms with Crippen LogP contribution < -0.4 is 14.9 Å². The molecule has 206 valence electrons. The normalized spacial score (nSPS) is 14.2. The number of benzene rings is 3. The first kappa shape index (κ1) is 29.4. The van der Waals surface area contributed by atoms with E-state index in [0.29, 0.717) is 27.8 Å². The highest BCUT2D eigenvalue weighted by Crippen LogP contribution is 2.31. The summed E-state index contributed by atoms with van der Waals surface area (Å²) in [5.74, 6) is -0.205. The van der Waals surface area contributed by atoms with Crippen molar-refractivity contribution in [3.05, 3.63) is 82.3 Å². The molecular weight excluding hydrogens is 601 g/mol. The van der Waals surface area contributed by atoms with Crippen LogP contribution >= 0.6 is 46.9 Å². The average Bonchev–Trinajstić information content (AvgIpc) is 3.33. The van der Waals surface area contributed by atoms with Crippen molar-refractivity contribution < 1.29 is 13.2 Å². The summed E-state index contributed by atoms with van der Waals surface area (Å²) in [5.41, 5.74) is 1.79. The van der Waals surface area contributed by atoms with Gasteiger partial charge in [-0.1, -0.05) is 34.5 Å². The molecule has 1 aliphatic rings. The van der Waals surface area contributed by atoms with E-state index in [1.165, 1.54) is 24.3 Å². The monoisotopic (exact) mass is 625 g/mol. The Bertz CT molecular complexity index is 1540. The molecule has 39 heavy (non-hydrogen) atoms. The van der Waals surface area contributed by atoms with Crippen LogP contribution in [0, 0.1) is 0 Å². The number of nitrogens with zero attached hydrogens (tertiary/aromatic N) is 3. The minimum atomic E-state index is -3.75. The van der Waals surface area contributed by atoms with E-state index in [1.807, 2.05) is 18.2 Å². The number of fused-ring (bicyclic) bond motifs is 1. The number of piperazine rings is 1. The number of aromatic nitrogens is 1. The van der Waals surface area contributed by atoms with Gasteiger partial charge in [-0.2, -0.15) is 0 Å². The highest BCUT2D eigenvalue weighted by molar-refractivity contribution is 7.92. The molecule has 1 amide bonds. The van der Waals surface area contributed by atoms with Gasteiger partial charge in [0.05, 0.1) is 15.1 Å². The summed E-state index contributed by atoms with van der Waals surface area (Å²) in [7, 11) is -3.75. The van der Waals surface area contributed by atoms with Gasteiger partial charge in [-0.25, -0.2) is 13.4 Å². The average molecular weight is 627 g/mol. The second-order valence-electron chi connectivity index (χ2n) is 8.83. The molecule has 1 aliphatic heterocycles. The van der Waals surface area contributed by atoms with Crippen molar-refractivity contribution in [3.63, 3.8) is 0 Å². The maximum absolute atomic E-state index is 12.6. The molecule has 8 nitrogen and oxygen atoms in total. The molecule has 1 saturated heterocycles. The second-order valence-corrected chi connectivity index (χ2v) is 12.4. The third kappa shape index (κ3) is 7.33. The maximum Gasteiger partial charge on any atom is 0.261 e. The first-order valence-corrected chi connectivity index (χ1v) is 15.0. The zero-order valence-corrected chi connectivity index (χ0v) is 24.6. The third-order valence-electron chi connectivity index (χ3n) is 6.22. The van der Waals surface area contributed by atoms with Gasteiger partial charge in [0.25, 0.3) is 15.9 Å². The van der Waals surface area contributed by atoms with Gasteiger partial charge in [-0.15, -0.1) is 12.4 Å². The molecule has 13 heteroatoms. The van der Waals surface area contributed by atoms with E-state index >= 15 is 0 Å². The molecule has 0 saturated carbocycles. The van der Waals surface area contributed by atoms with E-state index in [4.69, 9.17) is 28.2 Å². The lowest BCUT2D eigenvalue weighted by Crippen LogP contribution is -2.48. The molecule has 0 aliphatic carbocycles. The highest BCUT2D eigenvalue weighted by Gasteiger charge is 2.20. The predicted octanol–water partition coefficient (Wildman–Crippen LogP) is 5.38. The van der Waals surface area contributed by atoms with Crippen LogP contribution in [0.4, 0.5) is 10.8 Å². The van der Waals surface area contributed by atoms with Crippen molar-refractivity contribution in [2.45, 2.75) is 4.90 Å². The molecule has 4 aromatic rings. The minimum absolute atomic E-state index is 0. The standard InChI is InChI=1S/C26H25Cl2N5O3S2.ClH/c27-19-3-8-22(9-4-19)38(35,36)31-21-6-1-18(2-7-21)25(34)29-11-12-32-13-15-33(16-14-32)26-30-23-10-5-20(28)17-24(23)37-26;/h1-10,17,31H,11-16H2,(H,29,34);1H. The summed E-state index contributed by atoms with van der Waals surface area (Å²) in [5, 5.41) is 5.12. The van der Waals surface area contributed by atoms with Crippen molar-refractivity contribution in [2.75, 3.05) is 48.9 Å². The topological polar surface area (TPSA) is 94.6 Å². The molecule has 0 bridgehead atoms. The van der Waals surface area contributed by atoms with Crippen molar-refractivity contribution >= 4 is 83.9 Å². The van der Waals surface area contributed by atoms with Crippen molar-refractivity contribution in [2.24, 2.45) is 0 Å². The number of hydrogen-bond acceptors (Lipinski definition) is 7. The molecule has 1 aromatic heterocycles. The van der Waals surface area contributed by atoms with E-state index in [0.717, 1.165) is 48.1 Å². The summed E-state index contributed by atoms with van der Waals surface area (Å²) in [6.45, 7) is 4.77. The van der Waals surface area contributed by atoms with Crippen LogP contribution in [0.5, 0.6) is 0 Å². The van der Waals surface area contributed by atoms with Gasteiger partial charge in [0.2, 0.25) is 0 Å². The summed E-state index contributed by atoms with van der Waals surface area (Å²) < 4.78 is 28.7. The Hall–Kier alpha value is -2.60. The first-order valence-electron chi connectivity index (χ1n) is 12.0. The number of carbonyl (C=O) groups excluding carboxylic acids is 1. The van der Waals surface area contributed by atoms with Crippen LogP contribution in [0.3, 0.4) is 0 Å². The summed E-state index contributed by atoms with van der Waals surface area (Å²) >= 11 is 13.6. The van der Waals surface area contributed by atoms with Crippen molar-refractivity contribution in [3.8, 4) is 0 Å². The Labute approximate surface area is 247 Å². The Morgan fingerprint density at radius 2 is 1.59 bits per heavy atom. The number of halogens is 3. The maximum atomic E-state index is 12.6. The second kappa shape index (κ2) is 12.7. The largest absolute Gasteiger partial charge is 0.351 e. The lowest BCUT2D eigenvalue weighted by atomic mass is 10.2. The molecule has 1 fully saturated rings. The van der Waals surface area contributed by atoms with Gasteiger partial charge >= 0.3 is 0 Å². The summed E-state index contributed by atoms with van der Waals surface area (Å²) in [6, 6.07) is 18.0. The van der Waals surface area contributed by atoms with E-state index in [1.54, 1.807) is 35.6 Å². The van der Waals surface area contributed by atoms with Crippen LogP contribution in [-0.4, -0.2) is 63.5 Å². The summed E-state index contributed by atoms with van der Waals surface area (Å²) in [4.78, 5) is 22.0. The number of hydrogen-bond donors (Lipinski definition) is 2. The first-order chi connectivity index (χ1) is 18.3. The van der Waals surface area contributed by atoms with E-state index < -0.39 is 10.0 Å². The highest BCUT2D eigenvalue weighted by atomic mass is 35.5. The van der Waals surface area contributed by atoms with Crippen LogP contribution in [0.2, 0.25) is 10.0 Å². The van der Waals surface area contributed by atoms with E-state index in [2.05, 4.69) is 19.8 Å². The third-order valence-corrected chi connectivity index (χ3v) is 9.18. The number of carbonyl (C=O) groups is 1. The number of amides is 1. The quantitative estimate of drug-likeness (QED) is 0.273. The molecule has 0 spiro atoms. The molecule has 5 rings (SSSR count). The molecule has 2 heterocycles. The van der Waals surface area contributed by atoms with Gasteiger partial charge in [-0.05, 0) is 66.7 Å². The zero-order valence-electron chi connectivity index (χ0n) is 20.6. The number of rotatable bonds is 8. The molecular formula is C26H26Cl3N5O3S2. The summed E-state index contributed by atoms with van der Waals surface area (Å²) in [6.07, 6.45) is 0. The van der Waals surface area contributed by atoms with Crippen LogP contribution in [-0.2, 0) is 10.0 Å². The van der Waals surface area contributed by atoms with Gasteiger partial charge in [-0.3, -0.25) is 14.4 Å².